The number of hydrogen-bond donors (Lipinski definition) is 0. The first kappa shape index (κ1) is 23.2. The summed E-state index contributed by atoms with van der Waals surface area (Å²) in [7, 11) is 0. The van der Waals surface area contributed by atoms with E-state index < -0.39 is 0 Å². The van der Waals surface area contributed by atoms with Gasteiger partial charge in [0.15, 0.2) is 0 Å². The molecule has 0 spiro atoms. The second-order valence-corrected chi connectivity index (χ2v) is 7.28. The number of carbonyl (C=O) groups is 1. The fraction of sp³-hybridized carbons (Fsp3) is 0.560. The smallest absolute Gasteiger partial charge is 0.331 e. The summed E-state index contributed by atoms with van der Waals surface area (Å²) in [4.78, 5) is 11.9. The van der Waals surface area contributed by atoms with E-state index in [0.717, 1.165) is 18.4 Å². The molecule has 0 radical (unpaired) electrons. The molecule has 2 heteroatoms. The predicted molar refractivity (Wildman–Crippen MR) is 117 cm³/mol. The number of hydrogen-bond acceptors (Lipinski definition) is 2. The molecule has 0 unspecified atom stereocenters. The minimum atomic E-state index is -0.299. The highest BCUT2D eigenvalue weighted by Crippen LogP contribution is 2.14. The quantitative estimate of drug-likeness (QED) is 0.130. The largest absolute Gasteiger partial charge is 0.455 e. The summed E-state index contributed by atoms with van der Waals surface area (Å²) in [6, 6.07) is 9.77. The Hall–Kier alpha value is -1.83. The maximum absolute atomic E-state index is 11.9. The van der Waals surface area contributed by atoms with E-state index in [9.17, 15) is 4.79 Å². The summed E-state index contributed by atoms with van der Waals surface area (Å²) in [6.07, 6.45) is 20.2. The molecule has 1 aromatic carbocycles. The zero-order valence-electron chi connectivity index (χ0n) is 17.2. The molecule has 0 N–H and O–H groups in total. The standard InChI is InChI=1S/C25H38O2/c1-3-5-6-7-8-9-10-11-12-13-17-20-24(4-2)27-25(26)22-21-23-18-15-14-16-19-23/h4,14-16,18-19,21-22,24H,2-3,5-13,17,20H2,1H3/b22-21+/t24-/m1/s1. The molecule has 0 saturated heterocycles. The number of benzene rings is 1. The Morgan fingerprint density at radius 2 is 1.48 bits per heavy atom. The molecule has 1 atom stereocenters. The molecule has 27 heavy (non-hydrogen) atoms. The van der Waals surface area contributed by atoms with Crippen LogP contribution in [0.2, 0.25) is 0 Å². The number of carbonyl (C=O) groups excluding carboxylic acids is 1. The van der Waals surface area contributed by atoms with Crippen molar-refractivity contribution >= 4 is 12.0 Å². The van der Waals surface area contributed by atoms with Gasteiger partial charge in [0, 0.05) is 6.08 Å². The molecule has 0 bridgehead atoms. The van der Waals surface area contributed by atoms with Gasteiger partial charge in [-0.2, -0.15) is 0 Å². The Balaban J connectivity index is 2.05. The van der Waals surface area contributed by atoms with Gasteiger partial charge in [-0.05, 0) is 24.5 Å². The molecule has 0 aliphatic carbocycles. The molecule has 150 valence electrons. The van der Waals surface area contributed by atoms with Crippen LogP contribution in [-0.4, -0.2) is 12.1 Å². The summed E-state index contributed by atoms with van der Waals surface area (Å²) in [5.74, 6) is -0.299. The second kappa shape index (κ2) is 16.4. The van der Waals surface area contributed by atoms with Crippen molar-refractivity contribution in [1.82, 2.24) is 0 Å². The third-order valence-corrected chi connectivity index (χ3v) is 4.83. The molecule has 0 amide bonds. The normalized spacial score (nSPS) is 12.2. The van der Waals surface area contributed by atoms with E-state index in [2.05, 4.69) is 13.5 Å². The molecule has 0 aromatic heterocycles. The first-order valence-corrected chi connectivity index (χ1v) is 10.8. The van der Waals surface area contributed by atoms with Gasteiger partial charge in [-0.3, -0.25) is 0 Å². The van der Waals surface area contributed by atoms with Crippen molar-refractivity contribution in [3.63, 3.8) is 0 Å². The molecular weight excluding hydrogens is 332 g/mol. The van der Waals surface area contributed by atoms with Gasteiger partial charge in [0.05, 0.1) is 0 Å². The Morgan fingerprint density at radius 3 is 2.04 bits per heavy atom. The number of rotatable bonds is 16. The van der Waals surface area contributed by atoms with Crippen molar-refractivity contribution in [2.45, 2.75) is 90.1 Å². The maximum atomic E-state index is 11.9. The van der Waals surface area contributed by atoms with Crippen LogP contribution in [0.15, 0.2) is 49.1 Å². The lowest BCUT2D eigenvalue weighted by Crippen LogP contribution is -2.14. The highest BCUT2D eigenvalue weighted by molar-refractivity contribution is 5.87. The van der Waals surface area contributed by atoms with Crippen molar-refractivity contribution in [2.24, 2.45) is 0 Å². The van der Waals surface area contributed by atoms with Gasteiger partial charge in [0.1, 0.15) is 6.10 Å². The summed E-state index contributed by atoms with van der Waals surface area (Å²) in [6.45, 7) is 6.06. The van der Waals surface area contributed by atoms with Gasteiger partial charge in [-0.1, -0.05) is 114 Å². The molecular formula is C25H38O2. The fourth-order valence-electron chi connectivity index (χ4n) is 3.15. The summed E-state index contributed by atoms with van der Waals surface area (Å²) >= 11 is 0. The van der Waals surface area contributed by atoms with Crippen LogP contribution in [0.5, 0.6) is 0 Å². The van der Waals surface area contributed by atoms with Crippen LogP contribution < -0.4 is 0 Å². The summed E-state index contributed by atoms with van der Waals surface area (Å²) < 4.78 is 5.47. The topological polar surface area (TPSA) is 26.3 Å². The highest BCUT2D eigenvalue weighted by atomic mass is 16.5. The molecule has 1 aromatic rings. The predicted octanol–water partition coefficient (Wildman–Crippen LogP) is 7.50. The van der Waals surface area contributed by atoms with E-state index >= 15 is 0 Å². The SMILES string of the molecule is C=C[C@H](CCCCCCCCCCCCC)OC(=O)/C=C/c1ccccc1. The lowest BCUT2D eigenvalue weighted by molar-refractivity contribution is -0.141. The van der Waals surface area contributed by atoms with Crippen LogP contribution in [-0.2, 0) is 9.53 Å². The summed E-state index contributed by atoms with van der Waals surface area (Å²) in [5, 5.41) is 0. The van der Waals surface area contributed by atoms with Gasteiger partial charge in [0.25, 0.3) is 0 Å². The van der Waals surface area contributed by atoms with Crippen molar-refractivity contribution in [1.29, 1.82) is 0 Å². The van der Waals surface area contributed by atoms with Crippen LogP contribution in [0.3, 0.4) is 0 Å². The van der Waals surface area contributed by atoms with Gasteiger partial charge in [-0.25, -0.2) is 4.79 Å². The number of esters is 1. The van der Waals surface area contributed by atoms with E-state index in [4.69, 9.17) is 4.74 Å². The third kappa shape index (κ3) is 13.1. The third-order valence-electron chi connectivity index (χ3n) is 4.83. The average Bonchev–Trinajstić information content (AvgIpc) is 2.70. The van der Waals surface area contributed by atoms with Gasteiger partial charge >= 0.3 is 5.97 Å². The molecule has 0 aliphatic heterocycles. The second-order valence-electron chi connectivity index (χ2n) is 7.28. The molecule has 2 nitrogen and oxygen atoms in total. The van der Waals surface area contributed by atoms with E-state index in [1.54, 1.807) is 12.2 Å². The monoisotopic (exact) mass is 370 g/mol. The molecule has 1 rings (SSSR count). The maximum Gasteiger partial charge on any atom is 0.331 e. The molecule has 0 aliphatic rings. The van der Waals surface area contributed by atoms with Crippen LogP contribution in [0.1, 0.15) is 89.5 Å². The Morgan fingerprint density at radius 1 is 0.926 bits per heavy atom. The number of unbranched alkanes of at least 4 members (excludes halogenated alkanes) is 10. The lowest BCUT2D eigenvalue weighted by atomic mass is 10.0. The van der Waals surface area contributed by atoms with Gasteiger partial charge in [0.2, 0.25) is 0 Å². The number of ether oxygens (including phenoxy) is 1. The van der Waals surface area contributed by atoms with Crippen molar-refractivity contribution in [3.05, 3.63) is 54.6 Å². The summed E-state index contributed by atoms with van der Waals surface area (Å²) in [5.41, 5.74) is 0.995. The van der Waals surface area contributed by atoms with E-state index in [1.807, 2.05) is 30.3 Å². The van der Waals surface area contributed by atoms with Crippen LogP contribution in [0, 0.1) is 0 Å². The first-order chi connectivity index (χ1) is 13.3. The van der Waals surface area contributed by atoms with E-state index in [1.165, 1.54) is 70.3 Å². The van der Waals surface area contributed by atoms with E-state index in [-0.39, 0.29) is 12.1 Å². The minimum absolute atomic E-state index is 0.184. The van der Waals surface area contributed by atoms with Crippen molar-refractivity contribution in [3.8, 4) is 0 Å². The Labute approximate surface area is 166 Å². The Bertz CT molecular complexity index is 518. The lowest BCUT2D eigenvalue weighted by Gasteiger charge is -2.12. The van der Waals surface area contributed by atoms with Crippen LogP contribution >= 0.6 is 0 Å². The minimum Gasteiger partial charge on any atom is -0.455 e. The molecule has 0 saturated carbocycles. The van der Waals surface area contributed by atoms with Gasteiger partial charge < -0.3 is 4.74 Å². The average molecular weight is 371 g/mol. The van der Waals surface area contributed by atoms with Crippen molar-refractivity contribution in [2.75, 3.05) is 0 Å². The molecule has 0 fully saturated rings. The van der Waals surface area contributed by atoms with Gasteiger partial charge in [-0.15, -0.1) is 0 Å². The zero-order valence-corrected chi connectivity index (χ0v) is 17.2. The van der Waals surface area contributed by atoms with Crippen LogP contribution in [0.25, 0.3) is 6.08 Å². The van der Waals surface area contributed by atoms with E-state index in [0.29, 0.717) is 0 Å². The first-order valence-electron chi connectivity index (χ1n) is 10.8. The zero-order chi connectivity index (χ0) is 19.6. The fourth-order valence-corrected chi connectivity index (χ4v) is 3.15. The molecule has 0 heterocycles. The highest BCUT2D eigenvalue weighted by Gasteiger charge is 2.08. The van der Waals surface area contributed by atoms with Crippen molar-refractivity contribution < 1.29 is 9.53 Å². The Kier molecular flexibility index (Phi) is 14.1. The van der Waals surface area contributed by atoms with Crippen LogP contribution in [0.4, 0.5) is 0 Å².